The van der Waals surface area contributed by atoms with Gasteiger partial charge in [-0.15, -0.1) is 0 Å². The summed E-state index contributed by atoms with van der Waals surface area (Å²) in [5.74, 6) is -2.70. The van der Waals surface area contributed by atoms with Crippen LogP contribution in [0.4, 0.5) is 11.4 Å². The van der Waals surface area contributed by atoms with Crippen LogP contribution in [-0.4, -0.2) is 47.2 Å². The number of nitrogens with zero attached hydrogens (tertiary/aromatic N) is 1. The second-order valence-electron chi connectivity index (χ2n) is 10.6. The first-order valence-electron chi connectivity index (χ1n) is 13.3. The summed E-state index contributed by atoms with van der Waals surface area (Å²) in [4.78, 5) is 43.4. The fraction of sp³-hybridized carbons (Fsp3) is 0.300. The third kappa shape index (κ3) is 3.35. The highest BCUT2D eigenvalue weighted by Crippen LogP contribution is 2.54. The smallest absolute Gasteiger partial charge is 0.250 e. The second-order valence-corrected chi connectivity index (χ2v) is 10.6. The van der Waals surface area contributed by atoms with Crippen LogP contribution in [0.25, 0.3) is 0 Å². The molecule has 204 valence electrons. The second kappa shape index (κ2) is 8.72. The predicted molar refractivity (Wildman–Crippen MR) is 143 cm³/mol. The Hall–Kier alpha value is -4.57. The fourth-order valence-electron chi connectivity index (χ4n) is 6.62. The zero-order valence-corrected chi connectivity index (χ0v) is 21.6. The number of rotatable bonds is 4. The number of phenols is 2. The van der Waals surface area contributed by atoms with Crippen molar-refractivity contribution in [3.8, 4) is 23.0 Å². The first-order valence-corrected chi connectivity index (χ1v) is 13.3. The van der Waals surface area contributed by atoms with Gasteiger partial charge in [0, 0.05) is 23.4 Å². The van der Waals surface area contributed by atoms with Crippen molar-refractivity contribution in [3.05, 3.63) is 71.3 Å². The van der Waals surface area contributed by atoms with Gasteiger partial charge in [0.2, 0.25) is 17.7 Å². The lowest BCUT2D eigenvalue weighted by atomic mass is 9.76. The highest BCUT2D eigenvalue weighted by molar-refractivity contribution is 6.26. The summed E-state index contributed by atoms with van der Waals surface area (Å²) in [7, 11) is 0. The summed E-state index contributed by atoms with van der Waals surface area (Å²) in [6.07, 6.45) is 0.971. The minimum atomic E-state index is -1.45. The molecule has 0 bridgehead atoms. The van der Waals surface area contributed by atoms with Gasteiger partial charge in [-0.1, -0.05) is 25.1 Å². The Bertz CT molecular complexity index is 1600. The van der Waals surface area contributed by atoms with Gasteiger partial charge in [0.15, 0.2) is 23.0 Å². The summed E-state index contributed by atoms with van der Waals surface area (Å²) in [6, 6.07) is 14.5. The van der Waals surface area contributed by atoms with Crippen LogP contribution in [0.5, 0.6) is 23.0 Å². The topological polar surface area (TPSA) is 137 Å². The van der Waals surface area contributed by atoms with Crippen molar-refractivity contribution in [3.63, 3.8) is 0 Å². The third-order valence-corrected chi connectivity index (χ3v) is 8.47. The van der Waals surface area contributed by atoms with Crippen LogP contribution >= 0.6 is 0 Å². The number of ether oxygens (including phenoxy) is 2. The van der Waals surface area contributed by atoms with E-state index in [-0.39, 0.29) is 23.8 Å². The Morgan fingerprint density at radius 3 is 2.45 bits per heavy atom. The van der Waals surface area contributed by atoms with Crippen LogP contribution < -0.4 is 25.0 Å². The van der Waals surface area contributed by atoms with E-state index in [1.165, 1.54) is 12.1 Å². The molecule has 2 fully saturated rings. The molecule has 3 aromatic rings. The molecule has 0 saturated carbocycles. The molecule has 4 N–H and O–H groups in total. The van der Waals surface area contributed by atoms with Gasteiger partial charge in [-0.25, -0.2) is 4.90 Å². The molecule has 7 rings (SSSR count). The Morgan fingerprint density at radius 1 is 0.900 bits per heavy atom. The van der Waals surface area contributed by atoms with Crippen LogP contribution in [-0.2, 0) is 32.8 Å². The molecule has 0 unspecified atom stereocenters. The standard InChI is InChI=1S/C30H27N3O7/c1-2-15-3-6-19-18(11-15)30(29(38)31-19)26-25(20(32-30)12-16-4-7-21(34)22(35)13-16)27(36)33(28(26)37)17-5-8-23-24(14-17)40-10-9-39-23/h3-8,11,13-14,20,25-26,32,34-35H,2,9-10,12H2,1H3,(H,31,38)/t20-,25+,26+,30+/m0/s1. The number of carbonyl (C=O) groups is 3. The first kappa shape index (κ1) is 24.5. The lowest BCUT2D eigenvalue weighted by molar-refractivity contribution is -0.130. The summed E-state index contributed by atoms with van der Waals surface area (Å²) in [5.41, 5.74) is 1.79. The van der Waals surface area contributed by atoms with Gasteiger partial charge in [0.1, 0.15) is 18.8 Å². The predicted octanol–water partition coefficient (Wildman–Crippen LogP) is 2.60. The molecular weight excluding hydrogens is 514 g/mol. The number of aryl methyl sites for hydroxylation is 1. The molecule has 10 heteroatoms. The molecular formula is C30H27N3O7. The number of nitrogens with one attached hydrogen (secondary N) is 2. The SMILES string of the molecule is CCc1ccc2c(c1)[C@]1(N[C@@H](Cc3ccc(O)c(O)c3)[C@H]3C(=O)N(c4ccc5c(c4)OCCO5)C(=O)[C@@H]31)C(=O)N2. The maximum Gasteiger partial charge on any atom is 0.250 e. The van der Waals surface area contributed by atoms with Crippen LogP contribution in [0.3, 0.4) is 0 Å². The fourth-order valence-corrected chi connectivity index (χ4v) is 6.62. The Balaban J connectivity index is 1.36. The summed E-state index contributed by atoms with van der Waals surface area (Å²) in [6.45, 7) is 2.78. The average Bonchev–Trinajstić information content (AvgIpc) is 3.54. The monoisotopic (exact) mass is 541 g/mol. The van der Waals surface area contributed by atoms with E-state index in [2.05, 4.69) is 10.6 Å². The number of anilines is 2. The van der Waals surface area contributed by atoms with E-state index in [0.717, 1.165) is 16.9 Å². The van der Waals surface area contributed by atoms with E-state index in [9.17, 15) is 24.6 Å². The van der Waals surface area contributed by atoms with Crippen LogP contribution in [0.2, 0.25) is 0 Å². The van der Waals surface area contributed by atoms with Gasteiger partial charge in [-0.2, -0.15) is 0 Å². The van der Waals surface area contributed by atoms with Crippen molar-refractivity contribution in [2.75, 3.05) is 23.4 Å². The van der Waals surface area contributed by atoms with Gasteiger partial charge in [-0.3, -0.25) is 19.7 Å². The molecule has 4 atom stereocenters. The number of carbonyl (C=O) groups excluding carboxylic acids is 3. The molecule has 0 aliphatic carbocycles. The van der Waals surface area contributed by atoms with Crippen LogP contribution in [0.15, 0.2) is 54.6 Å². The summed E-state index contributed by atoms with van der Waals surface area (Å²) >= 11 is 0. The average molecular weight is 542 g/mol. The van der Waals surface area contributed by atoms with Crippen molar-refractivity contribution < 1.29 is 34.1 Å². The molecule has 2 saturated heterocycles. The number of hydrogen-bond donors (Lipinski definition) is 4. The van der Waals surface area contributed by atoms with Gasteiger partial charge < -0.3 is 25.0 Å². The molecule has 1 spiro atoms. The Labute approximate surface area is 229 Å². The normalized spacial score (nSPS) is 26.3. The number of fused-ring (bicyclic) bond motifs is 5. The Morgan fingerprint density at radius 2 is 1.68 bits per heavy atom. The number of amides is 3. The highest BCUT2D eigenvalue weighted by Gasteiger charge is 2.70. The first-order chi connectivity index (χ1) is 19.3. The highest BCUT2D eigenvalue weighted by atomic mass is 16.6. The van der Waals surface area contributed by atoms with Crippen molar-refractivity contribution in [2.45, 2.75) is 31.3 Å². The van der Waals surface area contributed by atoms with Crippen molar-refractivity contribution in [1.82, 2.24) is 5.32 Å². The van der Waals surface area contributed by atoms with E-state index in [0.29, 0.717) is 47.2 Å². The number of hydrogen-bond acceptors (Lipinski definition) is 8. The summed E-state index contributed by atoms with van der Waals surface area (Å²) in [5, 5.41) is 26.2. The number of phenolic OH excluding ortho intramolecular Hbond substituents is 2. The van der Waals surface area contributed by atoms with E-state index >= 15 is 0 Å². The zero-order valence-electron chi connectivity index (χ0n) is 21.6. The van der Waals surface area contributed by atoms with Crippen molar-refractivity contribution in [2.24, 2.45) is 11.8 Å². The largest absolute Gasteiger partial charge is 0.504 e. The Kier molecular flexibility index (Phi) is 5.33. The molecule has 3 aromatic carbocycles. The minimum Gasteiger partial charge on any atom is -0.504 e. The lowest BCUT2D eigenvalue weighted by Crippen LogP contribution is -2.53. The molecule has 3 amide bonds. The molecule has 4 heterocycles. The summed E-state index contributed by atoms with van der Waals surface area (Å²) < 4.78 is 11.3. The van der Waals surface area contributed by atoms with Crippen molar-refractivity contribution >= 4 is 29.1 Å². The maximum absolute atomic E-state index is 14.3. The van der Waals surface area contributed by atoms with Crippen LogP contribution in [0, 0.1) is 11.8 Å². The molecule has 0 radical (unpaired) electrons. The van der Waals surface area contributed by atoms with E-state index in [4.69, 9.17) is 9.47 Å². The third-order valence-electron chi connectivity index (χ3n) is 8.47. The van der Waals surface area contributed by atoms with Crippen LogP contribution in [0.1, 0.15) is 23.6 Å². The van der Waals surface area contributed by atoms with Gasteiger partial charge in [-0.05, 0) is 54.3 Å². The van der Waals surface area contributed by atoms with Gasteiger partial charge in [0.05, 0.1) is 17.5 Å². The minimum absolute atomic E-state index is 0.237. The number of aromatic hydroxyl groups is 2. The number of benzene rings is 3. The quantitative estimate of drug-likeness (QED) is 0.292. The molecule has 10 nitrogen and oxygen atoms in total. The lowest BCUT2D eigenvalue weighted by Gasteiger charge is -2.30. The van der Waals surface area contributed by atoms with Crippen molar-refractivity contribution in [1.29, 1.82) is 0 Å². The van der Waals surface area contributed by atoms with Gasteiger partial charge >= 0.3 is 0 Å². The molecule has 40 heavy (non-hydrogen) atoms. The van der Waals surface area contributed by atoms with Gasteiger partial charge in [0.25, 0.3) is 0 Å². The van der Waals surface area contributed by atoms with E-state index < -0.39 is 35.2 Å². The molecule has 0 aromatic heterocycles. The van der Waals surface area contributed by atoms with E-state index in [1.807, 2.05) is 25.1 Å². The number of imide groups is 1. The maximum atomic E-state index is 14.3. The van der Waals surface area contributed by atoms with E-state index in [1.54, 1.807) is 24.3 Å². The molecule has 4 aliphatic heterocycles. The molecule has 4 aliphatic rings. The zero-order chi connectivity index (χ0) is 27.8.